The number of amides is 1. The number of alkyl halides is 3. The molecule has 1 rings (SSSR count). The number of carbonyl (C=O) groups is 1. The van der Waals surface area contributed by atoms with Gasteiger partial charge < -0.3 is 11.5 Å². The van der Waals surface area contributed by atoms with Crippen molar-refractivity contribution in [2.45, 2.75) is 12.6 Å². The van der Waals surface area contributed by atoms with Gasteiger partial charge in [-0.15, -0.1) is 0 Å². The van der Waals surface area contributed by atoms with Crippen LogP contribution in [-0.4, -0.2) is 5.91 Å². The van der Waals surface area contributed by atoms with Gasteiger partial charge in [0.2, 0.25) is 5.91 Å². The highest BCUT2D eigenvalue weighted by Gasteiger charge is 2.34. The summed E-state index contributed by atoms with van der Waals surface area (Å²) >= 11 is 0. The zero-order chi connectivity index (χ0) is 13.9. The predicted molar refractivity (Wildman–Crippen MR) is 56.5 cm³/mol. The van der Waals surface area contributed by atoms with Crippen molar-refractivity contribution in [3.05, 3.63) is 29.1 Å². The van der Waals surface area contributed by atoms with Gasteiger partial charge in [0.15, 0.2) is 0 Å². The summed E-state index contributed by atoms with van der Waals surface area (Å²) in [4.78, 5) is 10.4. The van der Waals surface area contributed by atoms with Crippen molar-refractivity contribution in [3.63, 3.8) is 0 Å². The van der Waals surface area contributed by atoms with Crippen molar-refractivity contribution in [1.82, 2.24) is 0 Å². The van der Waals surface area contributed by atoms with Gasteiger partial charge in [-0.25, -0.2) is 4.39 Å². The number of nitrogens with two attached hydrogens (primary N) is 2. The van der Waals surface area contributed by atoms with Crippen molar-refractivity contribution >= 4 is 11.6 Å². The van der Waals surface area contributed by atoms with Crippen LogP contribution < -0.4 is 11.5 Å². The molecule has 96 valence electrons. The second-order valence-corrected chi connectivity index (χ2v) is 3.36. The number of benzene rings is 1. The summed E-state index contributed by atoms with van der Waals surface area (Å²) in [6, 6.07) is 1.04. The van der Waals surface area contributed by atoms with Gasteiger partial charge in [-0.3, -0.25) is 4.79 Å². The maximum Gasteiger partial charge on any atom is 0.417 e. The van der Waals surface area contributed by atoms with Gasteiger partial charge in [-0.05, 0) is 12.1 Å². The highest BCUT2D eigenvalue weighted by atomic mass is 19.4. The summed E-state index contributed by atoms with van der Waals surface area (Å²) in [6.45, 7) is 0. The molecule has 0 spiro atoms. The topological polar surface area (TPSA) is 69.1 Å². The molecule has 1 aromatic carbocycles. The number of primary amides is 1. The number of rotatable bonds is 1. The predicted octanol–water partition coefficient (Wildman–Crippen LogP) is 1.65. The fourth-order valence-corrected chi connectivity index (χ4v) is 1.15. The Bertz CT molecular complexity index is 540. The van der Waals surface area contributed by atoms with E-state index in [4.69, 9.17) is 11.5 Å². The first-order chi connectivity index (χ1) is 8.21. The quantitative estimate of drug-likeness (QED) is 0.458. The molecule has 0 aliphatic carbocycles. The van der Waals surface area contributed by atoms with E-state index in [-0.39, 0.29) is 0 Å². The normalized spacial score (nSPS) is 10.7. The number of nitrogen functional groups attached to an aromatic ring is 1. The van der Waals surface area contributed by atoms with Crippen LogP contribution in [0.4, 0.5) is 23.2 Å². The minimum absolute atomic E-state index is 0.413. The molecule has 0 unspecified atom stereocenters. The number of anilines is 1. The van der Waals surface area contributed by atoms with E-state index in [1.165, 1.54) is 0 Å². The largest absolute Gasteiger partial charge is 0.417 e. The van der Waals surface area contributed by atoms with Crippen LogP contribution in [0.2, 0.25) is 0 Å². The lowest BCUT2D eigenvalue weighted by atomic mass is 10.1. The fraction of sp³-hybridized carbons (Fsp3) is 0.182. The van der Waals surface area contributed by atoms with Crippen LogP contribution in [0.3, 0.4) is 0 Å². The molecular weight excluding hydrogens is 252 g/mol. The van der Waals surface area contributed by atoms with Crippen molar-refractivity contribution in [3.8, 4) is 11.8 Å². The van der Waals surface area contributed by atoms with Gasteiger partial charge in [0.05, 0.1) is 17.7 Å². The van der Waals surface area contributed by atoms with Crippen LogP contribution in [0.25, 0.3) is 0 Å². The fourth-order valence-electron chi connectivity index (χ4n) is 1.15. The van der Waals surface area contributed by atoms with E-state index in [1.54, 1.807) is 0 Å². The SMILES string of the molecule is NC(=O)CC#Cc1cc(F)c(N)cc1C(F)(F)F. The molecule has 1 amide bonds. The summed E-state index contributed by atoms with van der Waals surface area (Å²) < 4.78 is 50.9. The van der Waals surface area contributed by atoms with Crippen molar-refractivity contribution in [2.75, 3.05) is 5.73 Å². The van der Waals surface area contributed by atoms with Crippen LogP contribution >= 0.6 is 0 Å². The minimum atomic E-state index is -4.71. The maximum absolute atomic E-state index is 13.1. The second kappa shape index (κ2) is 4.96. The molecule has 0 atom stereocenters. The molecular formula is C11H8F4N2O. The number of carbonyl (C=O) groups excluding carboxylic acids is 1. The summed E-state index contributed by atoms with van der Waals surface area (Å²) in [5.41, 5.74) is 7.48. The maximum atomic E-state index is 13.1. The Morgan fingerprint density at radius 1 is 1.33 bits per heavy atom. The molecule has 0 aliphatic heterocycles. The Morgan fingerprint density at radius 2 is 1.94 bits per heavy atom. The Labute approximate surface area is 99.8 Å². The Morgan fingerprint density at radius 3 is 2.44 bits per heavy atom. The first-order valence-electron chi connectivity index (χ1n) is 4.65. The summed E-state index contributed by atoms with van der Waals surface area (Å²) in [5, 5.41) is 0. The highest BCUT2D eigenvalue weighted by Crippen LogP contribution is 2.33. The molecule has 18 heavy (non-hydrogen) atoms. The monoisotopic (exact) mass is 260 g/mol. The highest BCUT2D eigenvalue weighted by molar-refractivity contribution is 5.76. The lowest BCUT2D eigenvalue weighted by Crippen LogP contribution is -2.10. The smallest absolute Gasteiger partial charge is 0.396 e. The van der Waals surface area contributed by atoms with Gasteiger partial charge in [-0.2, -0.15) is 13.2 Å². The summed E-state index contributed by atoms with van der Waals surface area (Å²) in [5.74, 6) is 2.39. The van der Waals surface area contributed by atoms with Crippen LogP contribution in [0.5, 0.6) is 0 Å². The lowest BCUT2D eigenvalue weighted by Gasteiger charge is -2.10. The zero-order valence-corrected chi connectivity index (χ0v) is 8.94. The second-order valence-electron chi connectivity index (χ2n) is 3.36. The van der Waals surface area contributed by atoms with Crippen LogP contribution in [0, 0.1) is 17.7 Å². The molecule has 0 radical (unpaired) electrons. The average Bonchev–Trinajstić information content (AvgIpc) is 2.20. The van der Waals surface area contributed by atoms with E-state index in [1.807, 2.05) is 0 Å². The molecule has 1 aromatic rings. The standard InChI is InChI=1S/C11H8F4N2O/c12-8-4-6(2-1-3-10(17)18)7(5-9(8)16)11(13,14)15/h4-5H,3,16H2,(H2,17,18). The van der Waals surface area contributed by atoms with E-state index < -0.39 is 41.1 Å². The number of hydrogen-bond donors (Lipinski definition) is 2. The van der Waals surface area contributed by atoms with E-state index >= 15 is 0 Å². The zero-order valence-electron chi connectivity index (χ0n) is 8.94. The summed E-state index contributed by atoms with van der Waals surface area (Å²) in [7, 11) is 0. The molecule has 0 saturated carbocycles. The van der Waals surface area contributed by atoms with Crippen molar-refractivity contribution in [2.24, 2.45) is 5.73 Å². The molecule has 0 aliphatic rings. The lowest BCUT2D eigenvalue weighted by molar-refractivity contribution is -0.137. The molecule has 3 nitrogen and oxygen atoms in total. The average molecular weight is 260 g/mol. The molecule has 0 saturated heterocycles. The number of halogens is 4. The van der Waals surface area contributed by atoms with Crippen molar-refractivity contribution < 1.29 is 22.4 Å². The van der Waals surface area contributed by atoms with E-state index in [2.05, 4.69) is 11.8 Å². The van der Waals surface area contributed by atoms with Gasteiger partial charge >= 0.3 is 6.18 Å². The Hall–Kier alpha value is -2.23. The molecule has 0 bridgehead atoms. The first kappa shape index (κ1) is 13.8. The number of hydrogen-bond acceptors (Lipinski definition) is 2. The van der Waals surface area contributed by atoms with Gasteiger partial charge in [-0.1, -0.05) is 11.8 Å². The molecule has 0 aromatic heterocycles. The Balaban J connectivity index is 3.27. The third-order valence-electron chi connectivity index (χ3n) is 1.93. The Kier molecular flexibility index (Phi) is 3.81. The van der Waals surface area contributed by atoms with Crippen molar-refractivity contribution in [1.29, 1.82) is 0 Å². The first-order valence-corrected chi connectivity index (χ1v) is 4.65. The summed E-state index contributed by atoms with van der Waals surface area (Å²) in [6.07, 6.45) is -5.12. The molecule has 0 fully saturated rings. The molecule has 4 N–H and O–H groups in total. The van der Waals surface area contributed by atoms with E-state index in [9.17, 15) is 22.4 Å². The van der Waals surface area contributed by atoms with Gasteiger partial charge in [0, 0.05) is 5.56 Å². The molecule has 7 heteroatoms. The third kappa shape index (κ3) is 3.38. The third-order valence-corrected chi connectivity index (χ3v) is 1.93. The van der Waals surface area contributed by atoms with E-state index in [0.717, 1.165) is 0 Å². The van der Waals surface area contributed by atoms with Crippen LogP contribution in [-0.2, 0) is 11.0 Å². The van der Waals surface area contributed by atoms with Crippen LogP contribution in [0.1, 0.15) is 17.5 Å². The van der Waals surface area contributed by atoms with Gasteiger partial charge in [0.25, 0.3) is 0 Å². The van der Waals surface area contributed by atoms with Crippen LogP contribution in [0.15, 0.2) is 12.1 Å². The van der Waals surface area contributed by atoms with Gasteiger partial charge in [0.1, 0.15) is 5.82 Å². The van der Waals surface area contributed by atoms with E-state index in [0.29, 0.717) is 12.1 Å². The minimum Gasteiger partial charge on any atom is -0.396 e. The molecule has 0 heterocycles.